The SMILES string of the molecule is Cc1ccccc1C(=O)Oc1ccc2ccc(=O)oc2c1. The lowest BCUT2D eigenvalue weighted by Crippen LogP contribution is -2.10. The smallest absolute Gasteiger partial charge is 0.343 e. The summed E-state index contributed by atoms with van der Waals surface area (Å²) in [4.78, 5) is 23.3. The fourth-order valence-corrected chi connectivity index (χ4v) is 2.07. The summed E-state index contributed by atoms with van der Waals surface area (Å²) in [6, 6.07) is 15.1. The van der Waals surface area contributed by atoms with Crippen LogP contribution in [0.1, 0.15) is 15.9 Å². The number of rotatable bonds is 2. The van der Waals surface area contributed by atoms with Gasteiger partial charge in [-0.05, 0) is 36.8 Å². The standard InChI is InChI=1S/C17H12O4/c1-11-4-2-3-5-14(11)17(19)20-13-8-6-12-7-9-16(18)21-15(12)10-13/h2-10H,1H3. The van der Waals surface area contributed by atoms with Gasteiger partial charge < -0.3 is 9.15 Å². The lowest BCUT2D eigenvalue weighted by atomic mass is 10.1. The van der Waals surface area contributed by atoms with Gasteiger partial charge in [-0.2, -0.15) is 0 Å². The summed E-state index contributed by atoms with van der Waals surface area (Å²) in [7, 11) is 0. The largest absolute Gasteiger partial charge is 0.423 e. The van der Waals surface area contributed by atoms with Gasteiger partial charge in [0.2, 0.25) is 0 Å². The van der Waals surface area contributed by atoms with Crippen molar-refractivity contribution in [3.05, 3.63) is 76.1 Å². The summed E-state index contributed by atoms with van der Waals surface area (Å²) in [6.45, 7) is 1.84. The number of hydrogen-bond donors (Lipinski definition) is 0. The molecule has 1 aromatic heterocycles. The summed E-state index contributed by atoms with van der Waals surface area (Å²) >= 11 is 0. The van der Waals surface area contributed by atoms with Crippen molar-refractivity contribution in [2.45, 2.75) is 6.92 Å². The Morgan fingerprint density at radius 2 is 1.81 bits per heavy atom. The molecular weight excluding hydrogens is 268 g/mol. The number of carbonyl (C=O) groups is 1. The number of fused-ring (bicyclic) bond motifs is 1. The average Bonchev–Trinajstić information content (AvgIpc) is 2.47. The Bertz CT molecular complexity index is 877. The summed E-state index contributed by atoms with van der Waals surface area (Å²) < 4.78 is 10.4. The highest BCUT2D eigenvalue weighted by Gasteiger charge is 2.11. The molecule has 0 fully saturated rings. The topological polar surface area (TPSA) is 56.5 Å². The van der Waals surface area contributed by atoms with E-state index in [9.17, 15) is 9.59 Å². The normalized spacial score (nSPS) is 10.5. The molecule has 0 N–H and O–H groups in total. The Morgan fingerprint density at radius 3 is 2.62 bits per heavy atom. The number of aryl methyl sites for hydroxylation is 1. The Kier molecular flexibility index (Phi) is 3.28. The molecular formula is C17H12O4. The van der Waals surface area contributed by atoms with Gasteiger partial charge in [-0.25, -0.2) is 9.59 Å². The fourth-order valence-electron chi connectivity index (χ4n) is 2.07. The molecule has 0 spiro atoms. The van der Waals surface area contributed by atoms with E-state index in [0.29, 0.717) is 16.9 Å². The van der Waals surface area contributed by atoms with Crippen LogP contribution in [-0.4, -0.2) is 5.97 Å². The molecule has 2 aromatic carbocycles. The third-order valence-electron chi connectivity index (χ3n) is 3.17. The van der Waals surface area contributed by atoms with Gasteiger partial charge in [0.1, 0.15) is 11.3 Å². The molecule has 0 radical (unpaired) electrons. The zero-order chi connectivity index (χ0) is 14.8. The minimum atomic E-state index is -0.440. The van der Waals surface area contributed by atoms with Crippen LogP contribution in [-0.2, 0) is 0 Å². The maximum atomic E-state index is 12.1. The predicted octanol–water partition coefficient (Wildman–Crippen LogP) is 3.32. The zero-order valence-corrected chi connectivity index (χ0v) is 11.3. The third kappa shape index (κ3) is 2.69. The van der Waals surface area contributed by atoms with E-state index in [1.165, 1.54) is 12.1 Å². The highest BCUT2D eigenvalue weighted by atomic mass is 16.5. The van der Waals surface area contributed by atoms with Crippen molar-refractivity contribution in [1.29, 1.82) is 0 Å². The van der Waals surface area contributed by atoms with Crippen LogP contribution in [0.5, 0.6) is 5.75 Å². The number of hydrogen-bond acceptors (Lipinski definition) is 4. The third-order valence-corrected chi connectivity index (χ3v) is 3.17. The molecule has 3 rings (SSSR count). The number of benzene rings is 2. The molecule has 1 heterocycles. The van der Waals surface area contributed by atoms with Crippen molar-refractivity contribution in [1.82, 2.24) is 0 Å². The Hall–Kier alpha value is -2.88. The monoisotopic (exact) mass is 280 g/mol. The summed E-state index contributed by atoms with van der Waals surface area (Å²) in [6.07, 6.45) is 0. The van der Waals surface area contributed by atoms with E-state index < -0.39 is 11.6 Å². The second kappa shape index (κ2) is 5.25. The van der Waals surface area contributed by atoms with Crippen molar-refractivity contribution in [3.8, 4) is 5.75 Å². The maximum absolute atomic E-state index is 12.1. The number of carbonyl (C=O) groups excluding carboxylic acids is 1. The van der Waals surface area contributed by atoms with Gasteiger partial charge in [0.25, 0.3) is 0 Å². The van der Waals surface area contributed by atoms with E-state index in [1.54, 1.807) is 30.3 Å². The minimum Gasteiger partial charge on any atom is -0.423 e. The fraction of sp³-hybridized carbons (Fsp3) is 0.0588. The molecule has 4 heteroatoms. The maximum Gasteiger partial charge on any atom is 0.343 e. The van der Waals surface area contributed by atoms with Crippen molar-refractivity contribution >= 4 is 16.9 Å². The Balaban J connectivity index is 1.93. The van der Waals surface area contributed by atoms with Crippen LogP contribution in [0.15, 0.2) is 63.8 Å². The molecule has 0 atom stereocenters. The van der Waals surface area contributed by atoms with E-state index in [0.717, 1.165) is 10.9 Å². The van der Waals surface area contributed by atoms with Gasteiger partial charge in [0.05, 0.1) is 5.56 Å². The van der Waals surface area contributed by atoms with Gasteiger partial charge in [-0.1, -0.05) is 18.2 Å². The summed E-state index contributed by atoms with van der Waals surface area (Å²) in [5.74, 6) is -0.101. The van der Waals surface area contributed by atoms with Crippen LogP contribution < -0.4 is 10.4 Å². The molecule has 3 aromatic rings. The second-order valence-corrected chi connectivity index (χ2v) is 4.66. The van der Waals surface area contributed by atoms with Gasteiger partial charge in [0, 0.05) is 17.5 Å². The van der Waals surface area contributed by atoms with Crippen LogP contribution in [0.2, 0.25) is 0 Å². The molecule has 0 unspecified atom stereocenters. The molecule has 0 aliphatic rings. The minimum absolute atomic E-state index is 0.338. The molecule has 0 amide bonds. The van der Waals surface area contributed by atoms with Gasteiger partial charge in [0.15, 0.2) is 0 Å². The van der Waals surface area contributed by atoms with E-state index >= 15 is 0 Å². The first kappa shape index (κ1) is 13.1. The molecule has 0 saturated heterocycles. The first-order chi connectivity index (χ1) is 10.1. The highest BCUT2D eigenvalue weighted by molar-refractivity contribution is 5.93. The Morgan fingerprint density at radius 1 is 1.05 bits per heavy atom. The quantitative estimate of drug-likeness (QED) is 0.410. The van der Waals surface area contributed by atoms with E-state index in [-0.39, 0.29) is 0 Å². The molecule has 0 saturated carbocycles. The highest BCUT2D eigenvalue weighted by Crippen LogP contribution is 2.21. The van der Waals surface area contributed by atoms with Gasteiger partial charge in [-0.15, -0.1) is 0 Å². The van der Waals surface area contributed by atoms with E-state index in [1.807, 2.05) is 19.1 Å². The summed E-state index contributed by atoms with van der Waals surface area (Å²) in [5.41, 5.74) is 1.30. The Labute approximate surface area is 120 Å². The molecule has 0 aliphatic carbocycles. The van der Waals surface area contributed by atoms with Crippen LogP contribution in [0.25, 0.3) is 11.0 Å². The average molecular weight is 280 g/mol. The predicted molar refractivity (Wildman–Crippen MR) is 78.6 cm³/mol. The van der Waals surface area contributed by atoms with E-state index in [4.69, 9.17) is 9.15 Å². The van der Waals surface area contributed by atoms with Crippen molar-refractivity contribution in [3.63, 3.8) is 0 Å². The van der Waals surface area contributed by atoms with Gasteiger partial charge >= 0.3 is 11.6 Å². The van der Waals surface area contributed by atoms with Crippen molar-refractivity contribution < 1.29 is 13.9 Å². The zero-order valence-electron chi connectivity index (χ0n) is 11.3. The van der Waals surface area contributed by atoms with Crippen molar-refractivity contribution in [2.75, 3.05) is 0 Å². The lowest BCUT2D eigenvalue weighted by molar-refractivity contribution is 0.0734. The molecule has 21 heavy (non-hydrogen) atoms. The summed E-state index contributed by atoms with van der Waals surface area (Å²) in [5, 5.41) is 0.769. The van der Waals surface area contributed by atoms with Crippen LogP contribution in [0.4, 0.5) is 0 Å². The van der Waals surface area contributed by atoms with Crippen LogP contribution in [0.3, 0.4) is 0 Å². The number of ether oxygens (including phenoxy) is 1. The van der Waals surface area contributed by atoms with Gasteiger partial charge in [-0.3, -0.25) is 0 Å². The molecule has 0 aliphatic heterocycles. The number of esters is 1. The second-order valence-electron chi connectivity index (χ2n) is 4.66. The molecule has 104 valence electrons. The first-order valence-electron chi connectivity index (χ1n) is 6.45. The van der Waals surface area contributed by atoms with Crippen LogP contribution >= 0.6 is 0 Å². The molecule has 0 bridgehead atoms. The van der Waals surface area contributed by atoms with E-state index in [2.05, 4.69) is 0 Å². The van der Waals surface area contributed by atoms with Crippen LogP contribution in [0, 0.1) is 6.92 Å². The molecule has 4 nitrogen and oxygen atoms in total. The first-order valence-corrected chi connectivity index (χ1v) is 6.45. The lowest BCUT2D eigenvalue weighted by Gasteiger charge is -2.07. The van der Waals surface area contributed by atoms with Crippen molar-refractivity contribution in [2.24, 2.45) is 0 Å².